The Bertz CT molecular complexity index is 637. The fourth-order valence-electron chi connectivity index (χ4n) is 2.78. The fraction of sp³-hybridized carbons (Fsp3) is 0.316. The first kappa shape index (κ1) is 16.2. The van der Waals surface area contributed by atoms with E-state index in [2.05, 4.69) is 37.4 Å². The molecule has 0 saturated carbocycles. The smallest absolute Gasteiger partial charge is 0.229 e. The Morgan fingerprint density at radius 3 is 2.41 bits per heavy atom. The highest BCUT2D eigenvalue weighted by molar-refractivity contribution is 5.84. The summed E-state index contributed by atoms with van der Waals surface area (Å²) in [6.07, 6.45) is 0. The van der Waals surface area contributed by atoms with Crippen LogP contribution in [0, 0.1) is 13.8 Å². The third-order valence-corrected chi connectivity index (χ3v) is 4.00. The van der Waals surface area contributed by atoms with Gasteiger partial charge in [0.05, 0.1) is 12.0 Å². The number of aryl methyl sites for hydroxylation is 2. The number of nitrogens with two attached hydrogens (primary N) is 1. The maximum atomic E-state index is 12.5. The molecule has 0 aliphatic carbocycles. The van der Waals surface area contributed by atoms with Gasteiger partial charge >= 0.3 is 0 Å². The van der Waals surface area contributed by atoms with Crippen molar-refractivity contribution in [2.45, 2.75) is 32.7 Å². The molecule has 0 aromatic heterocycles. The van der Waals surface area contributed by atoms with Gasteiger partial charge in [-0.15, -0.1) is 0 Å². The number of benzene rings is 2. The molecular weight excluding hydrogens is 272 g/mol. The van der Waals surface area contributed by atoms with Crippen molar-refractivity contribution in [1.29, 1.82) is 0 Å². The molecule has 2 atom stereocenters. The topological polar surface area (TPSA) is 55.1 Å². The number of carbonyl (C=O) groups excluding carboxylic acids is 1. The van der Waals surface area contributed by atoms with Crippen molar-refractivity contribution in [3.63, 3.8) is 0 Å². The molecule has 3 nitrogen and oxygen atoms in total. The van der Waals surface area contributed by atoms with E-state index in [4.69, 9.17) is 5.73 Å². The first-order chi connectivity index (χ1) is 10.5. The lowest BCUT2D eigenvalue weighted by Gasteiger charge is -2.21. The van der Waals surface area contributed by atoms with Crippen molar-refractivity contribution in [3.05, 3.63) is 70.8 Å². The van der Waals surface area contributed by atoms with Gasteiger partial charge in [-0.25, -0.2) is 0 Å². The number of hydrogen-bond acceptors (Lipinski definition) is 2. The molecule has 2 aromatic rings. The van der Waals surface area contributed by atoms with Crippen LogP contribution in [0.4, 0.5) is 0 Å². The lowest BCUT2D eigenvalue weighted by molar-refractivity contribution is -0.123. The number of carbonyl (C=O) groups is 1. The summed E-state index contributed by atoms with van der Waals surface area (Å²) in [6.45, 7) is 6.45. The zero-order chi connectivity index (χ0) is 16.1. The summed E-state index contributed by atoms with van der Waals surface area (Å²) in [5.74, 6) is -0.337. The first-order valence-electron chi connectivity index (χ1n) is 7.65. The van der Waals surface area contributed by atoms with Gasteiger partial charge in [-0.05, 0) is 37.5 Å². The second-order valence-corrected chi connectivity index (χ2v) is 5.79. The largest absolute Gasteiger partial charge is 0.349 e. The van der Waals surface area contributed by atoms with Crippen LogP contribution in [0.3, 0.4) is 0 Å². The zero-order valence-electron chi connectivity index (χ0n) is 13.5. The van der Waals surface area contributed by atoms with E-state index in [0.29, 0.717) is 6.54 Å². The number of rotatable bonds is 5. The normalized spacial score (nSPS) is 13.5. The van der Waals surface area contributed by atoms with Crippen LogP contribution in [0.15, 0.2) is 48.5 Å². The summed E-state index contributed by atoms with van der Waals surface area (Å²) in [6, 6.07) is 15.9. The minimum Gasteiger partial charge on any atom is -0.349 e. The predicted molar refractivity (Wildman–Crippen MR) is 90.7 cm³/mol. The monoisotopic (exact) mass is 296 g/mol. The molecular formula is C19H24N2O. The van der Waals surface area contributed by atoms with E-state index >= 15 is 0 Å². The van der Waals surface area contributed by atoms with Gasteiger partial charge in [-0.1, -0.05) is 54.1 Å². The standard InChI is InChI=1S/C19H24N2O/c1-13-9-10-17(14(2)11-13)15(3)21-19(22)18(12-20)16-7-5-4-6-8-16/h4-11,15,18H,12,20H2,1-3H3,(H,21,22). The Labute approximate surface area is 132 Å². The summed E-state index contributed by atoms with van der Waals surface area (Å²) in [5, 5.41) is 3.09. The lowest BCUT2D eigenvalue weighted by atomic mass is 9.96. The van der Waals surface area contributed by atoms with Gasteiger partial charge in [0.15, 0.2) is 0 Å². The van der Waals surface area contributed by atoms with E-state index in [-0.39, 0.29) is 17.9 Å². The third-order valence-electron chi connectivity index (χ3n) is 4.00. The Morgan fingerprint density at radius 1 is 1.14 bits per heavy atom. The first-order valence-corrected chi connectivity index (χ1v) is 7.65. The van der Waals surface area contributed by atoms with Crippen molar-refractivity contribution in [3.8, 4) is 0 Å². The minimum absolute atomic E-state index is 0.0267. The molecule has 3 heteroatoms. The van der Waals surface area contributed by atoms with E-state index in [1.165, 1.54) is 11.1 Å². The molecule has 0 aliphatic rings. The number of amides is 1. The maximum absolute atomic E-state index is 12.5. The summed E-state index contributed by atoms with van der Waals surface area (Å²) in [5.41, 5.74) is 10.3. The molecule has 116 valence electrons. The van der Waals surface area contributed by atoms with Crippen LogP contribution in [0.5, 0.6) is 0 Å². The van der Waals surface area contributed by atoms with E-state index in [1.54, 1.807) is 0 Å². The zero-order valence-corrected chi connectivity index (χ0v) is 13.5. The van der Waals surface area contributed by atoms with E-state index in [1.807, 2.05) is 37.3 Å². The Morgan fingerprint density at radius 2 is 1.82 bits per heavy atom. The highest BCUT2D eigenvalue weighted by Crippen LogP contribution is 2.21. The third kappa shape index (κ3) is 3.74. The second-order valence-electron chi connectivity index (χ2n) is 5.79. The molecule has 3 N–H and O–H groups in total. The molecule has 0 aliphatic heterocycles. The second kappa shape index (κ2) is 7.23. The highest BCUT2D eigenvalue weighted by Gasteiger charge is 2.21. The van der Waals surface area contributed by atoms with Crippen LogP contribution in [0.25, 0.3) is 0 Å². The molecule has 2 unspecified atom stereocenters. The van der Waals surface area contributed by atoms with Crippen molar-refractivity contribution < 1.29 is 4.79 Å². The summed E-state index contributed by atoms with van der Waals surface area (Å²) < 4.78 is 0. The van der Waals surface area contributed by atoms with Crippen LogP contribution in [0.2, 0.25) is 0 Å². The van der Waals surface area contributed by atoms with Gasteiger partial charge in [0.2, 0.25) is 5.91 Å². The molecule has 0 heterocycles. The molecule has 0 spiro atoms. The van der Waals surface area contributed by atoms with Crippen molar-refractivity contribution in [1.82, 2.24) is 5.32 Å². The van der Waals surface area contributed by atoms with Crippen LogP contribution in [0.1, 0.15) is 41.1 Å². The minimum atomic E-state index is -0.311. The quantitative estimate of drug-likeness (QED) is 0.890. The Kier molecular flexibility index (Phi) is 5.34. The fourth-order valence-corrected chi connectivity index (χ4v) is 2.78. The van der Waals surface area contributed by atoms with Gasteiger partial charge in [0.25, 0.3) is 0 Å². The maximum Gasteiger partial charge on any atom is 0.229 e. The molecule has 1 amide bonds. The van der Waals surface area contributed by atoms with Crippen molar-refractivity contribution in [2.24, 2.45) is 5.73 Å². The predicted octanol–water partition coefficient (Wildman–Crippen LogP) is 3.22. The Hall–Kier alpha value is -2.13. The van der Waals surface area contributed by atoms with Crippen molar-refractivity contribution in [2.75, 3.05) is 6.54 Å². The van der Waals surface area contributed by atoms with Gasteiger partial charge in [-0.2, -0.15) is 0 Å². The molecule has 0 saturated heterocycles. The van der Waals surface area contributed by atoms with Crippen LogP contribution in [-0.4, -0.2) is 12.5 Å². The summed E-state index contributed by atoms with van der Waals surface area (Å²) in [7, 11) is 0. The average Bonchev–Trinajstić information content (AvgIpc) is 2.48. The average molecular weight is 296 g/mol. The lowest BCUT2D eigenvalue weighted by Crippen LogP contribution is -2.35. The molecule has 22 heavy (non-hydrogen) atoms. The number of hydrogen-bond donors (Lipinski definition) is 2. The van der Waals surface area contributed by atoms with Crippen LogP contribution >= 0.6 is 0 Å². The van der Waals surface area contributed by atoms with Crippen molar-refractivity contribution >= 4 is 5.91 Å². The van der Waals surface area contributed by atoms with E-state index in [9.17, 15) is 4.79 Å². The van der Waals surface area contributed by atoms with Gasteiger partial charge in [0.1, 0.15) is 0 Å². The van der Waals surface area contributed by atoms with Gasteiger partial charge < -0.3 is 11.1 Å². The van der Waals surface area contributed by atoms with E-state index in [0.717, 1.165) is 11.1 Å². The van der Waals surface area contributed by atoms with Crippen LogP contribution < -0.4 is 11.1 Å². The summed E-state index contributed by atoms with van der Waals surface area (Å²) in [4.78, 5) is 12.5. The van der Waals surface area contributed by atoms with E-state index < -0.39 is 0 Å². The molecule has 2 rings (SSSR count). The molecule has 0 radical (unpaired) electrons. The molecule has 2 aromatic carbocycles. The SMILES string of the molecule is Cc1ccc(C(C)NC(=O)C(CN)c2ccccc2)c(C)c1. The molecule has 0 fully saturated rings. The number of nitrogens with one attached hydrogen (secondary N) is 1. The molecule has 0 bridgehead atoms. The van der Waals surface area contributed by atoms with Gasteiger partial charge in [-0.3, -0.25) is 4.79 Å². The van der Waals surface area contributed by atoms with Gasteiger partial charge in [0, 0.05) is 6.54 Å². The Balaban J connectivity index is 2.13. The highest BCUT2D eigenvalue weighted by atomic mass is 16.1. The summed E-state index contributed by atoms with van der Waals surface area (Å²) >= 11 is 0. The van der Waals surface area contributed by atoms with Crippen LogP contribution in [-0.2, 0) is 4.79 Å².